The van der Waals surface area contributed by atoms with Gasteiger partial charge in [0, 0.05) is 24.4 Å². The molecule has 2 N–H and O–H groups in total. The van der Waals surface area contributed by atoms with Gasteiger partial charge >= 0.3 is 0 Å². The maximum atomic E-state index is 12.6. The van der Waals surface area contributed by atoms with Crippen LogP contribution in [-0.4, -0.2) is 28.5 Å². The van der Waals surface area contributed by atoms with Gasteiger partial charge in [0.25, 0.3) is 0 Å². The number of carbonyl (C=O) groups excluding carboxylic acids is 1. The molecule has 0 unspecified atom stereocenters. The Morgan fingerprint density at radius 2 is 1.77 bits per heavy atom. The molecule has 146 valence electrons. The van der Waals surface area contributed by atoms with Crippen LogP contribution in [0.3, 0.4) is 0 Å². The third-order valence-electron chi connectivity index (χ3n) is 4.05. The molecule has 2 rings (SSSR count). The van der Waals surface area contributed by atoms with Gasteiger partial charge in [0.05, 0.1) is 5.69 Å². The second-order valence-electron chi connectivity index (χ2n) is 7.23. The maximum Gasteiger partial charge on any atom is 0.209 e. The highest BCUT2D eigenvalue weighted by Gasteiger charge is 2.22. The largest absolute Gasteiger partial charge is 0.507 e. The van der Waals surface area contributed by atoms with Crippen LogP contribution >= 0.6 is 12.4 Å². The minimum atomic E-state index is -0.209. The van der Waals surface area contributed by atoms with E-state index in [1.807, 2.05) is 47.0 Å². The third kappa shape index (κ3) is 6.19. The number of hydrogen-bond acceptors (Lipinski definition) is 3. The Kier molecular flexibility index (Phi) is 9.68. The Labute approximate surface area is 164 Å². The van der Waals surface area contributed by atoms with Gasteiger partial charge < -0.3 is 15.0 Å². The van der Waals surface area contributed by atoms with Gasteiger partial charge in [-0.2, -0.15) is 0 Å². The van der Waals surface area contributed by atoms with Crippen LogP contribution in [0.1, 0.15) is 61.8 Å². The highest BCUT2D eigenvalue weighted by atomic mass is 35.5. The van der Waals surface area contributed by atoms with E-state index >= 15 is 0 Å². The van der Waals surface area contributed by atoms with Crippen molar-refractivity contribution in [2.75, 3.05) is 13.1 Å². The SMILES string of the molecule is CCNCC.Cc1cc(C(=O)c2cccn2C)cc(C(C)(C)C)c1O.Cl. The summed E-state index contributed by atoms with van der Waals surface area (Å²) in [5.74, 6) is 0.257. The van der Waals surface area contributed by atoms with Gasteiger partial charge in [0.2, 0.25) is 5.78 Å². The summed E-state index contributed by atoms with van der Waals surface area (Å²) in [6.45, 7) is 14.3. The van der Waals surface area contributed by atoms with E-state index in [1.54, 1.807) is 22.8 Å². The van der Waals surface area contributed by atoms with E-state index < -0.39 is 0 Å². The van der Waals surface area contributed by atoms with Gasteiger partial charge in [0.15, 0.2) is 0 Å². The van der Waals surface area contributed by atoms with E-state index in [4.69, 9.17) is 0 Å². The van der Waals surface area contributed by atoms with Crippen molar-refractivity contribution in [2.24, 2.45) is 7.05 Å². The van der Waals surface area contributed by atoms with Gasteiger partial charge in [-0.25, -0.2) is 0 Å². The van der Waals surface area contributed by atoms with Crippen LogP contribution in [-0.2, 0) is 12.5 Å². The van der Waals surface area contributed by atoms with Crippen LogP contribution < -0.4 is 5.32 Å². The normalized spacial score (nSPS) is 10.6. The number of nitrogens with one attached hydrogen (secondary N) is 1. The molecule has 0 amide bonds. The monoisotopic (exact) mass is 380 g/mol. The minimum Gasteiger partial charge on any atom is -0.507 e. The fourth-order valence-electron chi connectivity index (χ4n) is 2.58. The average molecular weight is 381 g/mol. The number of phenolic OH excluding ortho intramolecular Hbond substituents is 1. The van der Waals surface area contributed by atoms with E-state index in [2.05, 4.69) is 19.2 Å². The molecule has 5 heteroatoms. The van der Waals surface area contributed by atoms with Crippen molar-refractivity contribution in [1.82, 2.24) is 9.88 Å². The van der Waals surface area contributed by atoms with E-state index in [1.165, 1.54) is 0 Å². The summed E-state index contributed by atoms with van der Waals surface area (Å²) in [5.41, 5.74) is 2.59. The van der Waals surface area contributed by atoms with Crippen LogP contribution in [0.2, 0.25) is 0 Å². The fraction of sp³-hybridized carbons (Fsp3) is 0.476. The van der Waals surface area contributed by atoms with Gasteiger partial charge in [-0.3, -0.25) is 4.79 Å². The molecule has 0 fully saturated rings. The lowest BCUT2D eigenvalue weighted by atomic mass is 9.83. The summed E-state index contributed by atoms with van der Waals surface area (Å²) in [6, 6.07) is 7.21. The van der Waals surface area contributed by atoms with E-state index in [0.29, 0.717) is 11.3 Å². The first-order valence-electron chi connectivity index (χ1n) is 8.84. The predicted molar refractivity (Wildman–Crippen MR) is 112 cm³/mol. The molecule has 0 saturated carbocycles. The summed E-state index contributed by atoms with van der Waals surface area (Å²) in [4.78, 5) is 12.6. The van der Waals surface area contributed by atoms with Crippen molar-refractivity contribution in [3.05, 3.63) is 52.8 Å². The number of carbonyl (C=O) groups is 1. The predicted octanol–water partition coefficient (Wildman–Crippen LogP) is 4.61. The van der Waals surface area contributed by atoms with Gasteiger partial charge in [-0.05, 0) is 55.3 Å². The van der Waals surface area contributed by atoms with E-state index in [-0.39, 0.29) is 29.4 Å². The second kappa shape index (κ2) is 10.4. The topological polar surface area (TPSA) is 54.3 Å². The smallest absolute Gasteiger partial charge is 0.209 e. The third-order valence-corrected chi connectivity index (χ3v) is 4.05. The molecule has 26 heavy (non-hydrogen) atoms. The van der Waals surface area contributed by atoms with Gasteiger partial charge in [-0.1, -0.05) is 34.6 Å². The molecule has 0 radical (unpaired) electrons. The number of ketones is 1. The molecule has 0 atom stereocenters. The van der Waals surface area contributed by atoms with Gasteiger partial charge in [-0.15, -0.1) is 12.4 Å². The lowest BCUT2D eigenvalue weighted by molar-refractivity contribution is 0.103. The highest BCUT2D eigenvalue weighted by Crippen LogP contribution is 2.34. The first-order valence-corrected chi connectivity index (χ1v) is 8.84. The number of hydrogen-bond donors (Lipinski definition) is 2. The van der Waals surface area contributed by atoms with Crippen molar-refractivity contribution in [1.29, 1.82) is 0 Å². The van der Waals surface area contributed by atoms with E-state index in [0.717, 1.165) is 24.2 Å². The molecule has 1 aromatic carbocycles. The van der Waals surface area contributed by atoms with Crippen LogP contribution in [0, 0.1) is 6.92 Å². The Morgan fingerprint density at radius 1 is 1.19 bits per heavy atom. The molecule has 0 spiro atoms. The summed E-state index contributed by atoms with van der Waals surface area (Å²) in [7, 11) is 1.85. The molecule has 4 nitrogen and oxygen atoms in total. The second-order valence-corrected chi connectivity index (χ2v) is 7.23. The summed E-state index contributed by atoms with van der Waals surface area (Å²) >= 11 is 0. The van der Waals surface area contributed by atoms with Crippen molar-refractivity contribution in [3.8, 4) is 5.75 Å². The Morgan fingerprint density at radius 3 is 2.15 bits per heavy atom. The highest BCUT2D eigenvalue weighted by molar-refractivity contribution is 6.08. The zero-order valence-corrected chi connectivity index (χ0v) is 17.8. The first kappa shape index (κ1) is 24.2. The molecule has 0 aliphatic heterocycles. The number of benzene rings is 1. The maximum absolute atomic E-state index is 12.6. The van der Waals surface area contributed by atoms with E-state index in [9.17, 15) is 9.90 Å². The number of aromatic nitrogens is 1. The number of nitrogens with zero attached hydrogens (tertiary/aromatic N) is 1. The Hall–Kier alpha value is -1.78. The summed E-state index contributed by atoms with van der Waals surface area (Å²) < 4.78 is 1.81. The van der Waals surface area contributed by atoms with Crippen LogP contribution in [0.5, 0.6) is 5.75 Å². The molecule has 0 aliphatic carbocycles. The molecule has 0 bridgehead atoms. The number of aromatic hydroxyl groups is 1. The molecule has 0 saturated heterocycles. The van der Waals surface area contributed by atoms with Crippen LogP contribution in [0.4, 0.5) is 0 Å². The number of rotatable bonds is 4. The number of phenols is 1. The fourth-order valence-corrected chi connectivity index (χ4v) is 2.58. The Balaban J connectivity index is 0.000000923. The average Bonchev–Trinajstić information content (AvgIpc) is 2.95. The van der Waals surface area contributed by atoms with Gasteiger partial charge in [0.1, 0.15) is 5.75 Å². The molecule has 2 aromatic rings. The van der Waals surface area contributed by atoms with Crippen molar-refractivity contribution in [2.45, 2.75) is 47.0 Å². The Bertz CT molecular complexity index is 713. The van der Waals surface area contributed by atoms with Crippen molar-refractivity contribution < 1.29 is 9.90 Å². The van der Waals surface area contributed by atoms with Crippen LogP contribution in [0.25, 0.3) is 0 Å². The molecule has 0 aliphatic rings. The lowest BCUT2D eigenvalue weighted by Crippen LogP contribution is -2.14. The van der Waals surface area contributed by atoms with Crippen LogP contribution in [0.15, 0.2) is 30.5 Å². The standard InChI is InChI=1S/C17H21NO2.C4H11N.ClH/c1-11-9-12(10-13(15(11)19)17(2,3)4)16(20)14-7-6-8-18(14)5;1-3-5-4-2;/h6-10,19H,1-5H3;5H,3-4H2,1-2H3;1H. The zero-order chi connectivity index (χ0) is 19.2. The number of aryl methyl sites for hydroxylation is 2. The number of halogens is 1. The molecular weight excluding hydrogens is 348 g/mol. The summed E-state index contributed by atoms with van der Waals surface area (Å²) in [5, 5.41) is 13.3. The zero-order valence-electron chi connectivity index (χ0n) is 17.0. The summed E-state index contributed by atoms with van der Waals surface area (Å²) in [6.07, 6.45) is 1.85. The first-order chi connectivity index (χ1) is 11.6. The molecule has 1 aromatic heterocycles. The lowest BCUT2D eigenvalue weighted by Gasteiger charge is -2.22. The quantitative estimate of drug-likeness (QED) is 0.762. The van der Waals surface area contributed by atoms with Crippen molar-refractivity contribution >= 4 is 18.2 Å². The minimum absolute atomic E-state index is 0. The molecule has 1 heterocycles. The molecular formula is C21H33ClN2O2. The van der Waals surface area contributed by atoms with Crippen molar-refractivity contribution in [3.63, 3.8) is 0 Å².